The molecule has 1 heterocycles. The summed E-state index contributed by atoms with van der Waals surface area (Å²) in [5.74, 6) is 0.700. The SMILES string of the molecule is CCCC[C@@H](O)CN(Cc1c(-c2ccccc2)nn(C)c1Oc1cccc(F)c1)C1CC1. The van der Waals surface area contributed by atoms with Gasteiger partial charge in [-0.3, -0.25) is 4.90 Å². The summed E-state index contributed by atoms with van der Waals surface area (Å²) < 4.78 is 21.7. The van der Waals surface area contributed by atoms with Crippen molar-refractivity contribution in [3.05, 3.63) is 66.0 Å². The molecular weight excluding hydrogens is 405 g/mol. The van der Waals surface area contributed by atoms with E-state index >= 15 is 0 Å². The number of nitrogens with zero attached hydrogens (tertiary/aromatic N) is 3. The monoisotopic (exact) mass is 437 g/mol. The summed E-state index contributed by atoms with van der Waals surface area (Å²) in [5, 5.41) is 15.4. The van der Waals surface area contributed by atoms with Crippen LogP contribution in [0.3, 0.4) is 0 Å². The molecule has 4 rings (SSSR count). The van der Waals surface area contributed by atoms with Gasteiger partial charge in [-0.25, -0.2) is 9.07 Å². The Morgan fingerprint density at radius 2 is 1.97 bits per heavy atom. The van der Waals surface area contributed by atoms with Crippen molar-refractivity contribution in [2.75, 3.05) is 6.54 Å². The number of benzene rings is 2. The molecule has 0 bridgehead atoms. The Morgan fingerprint density at radius 3 is 2.66 bits per heavy atom. The molecule has 2 aromatic carbocycles. The normalized spacial score (nSPS) is 14.7. The first-order valence-corrected chi connectivity index (χ1v) is 11.5. The highest BCUT2D eigenvalue weighted by Crippen LogP contribution is 2.37. The molecule has 0 saturated heterocycles. The molecule has 0 radical (unpaired) electrons. The fraction of sp³-hybridized carbons (Fsp3) is 0.423. The topological polar surface area (TPSA) is 50.5 Å². The number of aryl methyl sites for hydroxylation is 1. The predicted molar refractivity (Wildman–Crippen MR) is 124 cm³/mol. The van der Waals surface area contributed by atoms with Crippen molar-refractivity contribution in [1.29, 1.82) is 0 Å². The molecule has 1 atom stereocenters. The Labute approximate surface area is 189 Å². The van der Waals surface area contributed by atoms with E-state index in [-0.39, 0.29) is 11.9 Å². The first kappa shape index (κ1) is 22.5. The van der Waals surface area contributed by atoms with Gasteiger partial charge in [0.15, 0.2) is 0 Å². The first-order valence-electron chi connectivity index (χ1n) is 11.5. The van der Waals surface area contributed by atoms with Crippen molar-refractivity contribution in [1.82, 2.24) is 14.7 Å². The second-order valence-corrected chi connectivity index (χ2v) is 8.64. The third-order valence-electron chi connectivity index (χ3n) is 5.91. The number of halogens is 1. The van der Waals surface area contributed by atoms with Gasteiger partial charge in [-0.15, -0.1) is 0 Å². The smallest absolute Gasteiger partial charge is 0.222 e. The first-order chi connectivity index (χ1) is 15.5. The highest BCUT2D eigenvalue weighted by Gasteiger charge is 2.32. The molecule has 0 aliphatic heterocycles. The van der Waals surface area contributed by atoms with E-state index in [9.17, 15) is 9.50 Å². The largest absolute Gasteiger partial charge is 0.439 e. The van der Waals surface area contributed by atoms with Gasteiger partial charge in [0.2, 0.25) is 5.88 Å². The van der Waals surface area contributed by atoms with Gasteiger partial charge in [0, 0.05) is 37.8 Å². The van der Waals surface area contributed by atoms with Gasteiger partial charge in [-0.05, 0) is 31.4 Å². The molecule has 6 heteroatoms. The molecule has 0 spiro atoms. The van der Waals surface area contributed by atoms with Gasteiger partial charge in [0.1, 0.15) is 17.3 Å². The molecule has 1 aliphatic carbocycles. The standard InChI is InChI=1S/C26H32FN3O2/c1-3-4-12-22(31)17-30(21-14-15-21)18-24-25(19-9-6-5-7-10-19)28-29(2)26(24)32-23-13-8-11-20(27)16-23/h5-11,13,16,21-22,31H,3-4,12,14-15,17-18H2,1-2H3/t22-/m1/s1. The summed E-state index contributed by atoms with van der Waals surface area (Å²) in [6.07, 6.45) is 4.84. The molecule has 0 amide bonds. The zero-order valence-electron chi connectivity index (χ0n) is 18.9. The van der Waals surface area contributed by atoms with Crippen molar-refractivity contribution in [2.24, 2.45) is 7.05 Å². The number of hydrogen-bond donors (Lipinski definition) is 1. The van der Waals surface area contributed by atoms with Crippen LogP contribution in [-0.2, 0) is 13.6 Å². The fourth-order valence-electron chi connectivity index (χ4n) is 4.08. The van der Waals surface area contributed by atoms with Crippen LogP contribution >= 0.6 is 0 Å². The van der Waals surface area contributed by atoms with Gasteiger partial charge >= 0.3 is 0 Å². The Hall–Kier alpha value is -2.70. The second kappa shape index (κ2) is 10.3. The molecule has 1 aliphatic rings. The molecule has 1 aromatic heterocycles. The maximum Gasteiger partial charge on any atom is 0.222 e. The van der Waals surface area contributed by atoms with Crippen molar-refractivity contribution >= 4 is 0 Å². The molecule has 1 fully saturated rings. The lowest BCUT2D eigenvalue weighted by atomic mass is 10.1. The number of unbranched alkanes of at least 4 members (excludes halogenated alkanes) is 1. The number of aliphatic hydroxyl groups excluding tert-OH is 1. The van der Waals surface area contributed by atoms with E-state index in [1.807, 2.05) is 37.4 Å². The van der Waals surface area contributed by atoms with Crippen LogP contribution in [0.2, 0.25) is 0 Å². The summed E-state index contributed by atoms with van der Waals surface area (Å²) in [4.78, 5) is 2.35. The lowest BCUT2D eigenvalue weighted by Gasteiger charge is -2.25. The zero-order valence-corrected chi connectivity index (χ0v) is 18.9. The van der Waals surface area contributed by atoms with Gasteiger partial charge < -0.3 is 9.84 Å². The van der Waals surface area contributed by atoms with E-state index in [0.29, 0.717) is 30.8 Å². The molecule has 3 aromatic rings. The summed E-state index contributed by atoms with van der Waals surface area (Å²) in [6, 6.07) is 16.7. The van der Waals surface area contributed by atoms with Crippen LogP contribution in [-0.4, -0.2) is 38.5 Å². The van der Waals surface area contributed by atoms with Gasteiger partial charge in [0.25, 0.3) is 0 Å². The molecular formula is C26H32FN3O2. The van der Waals surface area contributed by atoms with Crippen LogP contribution in [0.15, 0.2) is 54.6 Å². The Balaban J connectivity index is 1.67. The molecule has 5 nitrogen and oxygen atoms in total. The van der Waals surface area contributed by atoms with Crippen LogP contribution < -0.4 is 4.74 Å². The van der Waals surface area contributed by atoms with E-state index < -0.39 is 0 Å². The average molecular weight is 438 g/mol. The van der Waals surface area contributed by atoms with Crippen molar-refractivity contribution in [3.8, 4) is 22.9 Å². The van der Waals surface area contributed by atoms with Crippen LogP contribution in [0.4, 0.5) is 4.39 Å². The van der Waals surface area contributed by atoms with Gasteiger partial charge in [-0.2, -0.15) is 5.10 Å². The molecule has 1 N–H and O–H groups in total. The average Bonchev–Trinajstić information content (AvgIpc) is 3.59. The Kier molecular flexibility index (Phi) is 7.22. The Morgan fingerprint density at radius 1 is 1.19 bits per heavy atom. The highest BCUT2D eigenvalue weighted by molar-refractivity contribution is 5.65. The molecule has 32 heavy (non-hydrogen) atoms. The third kappa shape index (κ3) is 5.56. The summed E-state index contributed by atoms with van der Waals surface area (Å²) in [6.45, 7) is 3.40. The van der Waals surface area contributed by atoms with Crippen molar-refractivity contribution in [2.45, 2.75) is 57.7 Å². The van der Waals surface area contributed by atoms with Gasteiger partial charge in [-0.1, -0.05) is 56.2 Å². The molecule has 0 unspecified atom stereocenters. The second-order valence-electron chi connectivity index (χ2n) is 8.64. The van der Waals surface area contributed by atoms with Crippen LogP contribution in [0, 0.1) is 5.82 Å². The molecule has 170 valence electrons. The fourth-order valence-corrected chi connectivity index (χ4v) is 4.08. The van der Waals surface area contributed by atoms with Gasteiger partial charge in [0.05, 0.1) is 11.7 Å². The van der Waals surface area contributed by atoms with Crippen LogP contribution in [0.25, 0.3) is 11.3 Å². The number of ether oxygens (including phenoxy) is 1. The number of rotatable bonds is 11. The minimum absolute atomic E-state index is 0.340. The van der Waals surface area contributed by atoms with Crippen LogP contribution in [0.1, 0.15) is 44.6 Å². The lowest BCUT2D eigenvalue weighted by Crippen LogP contribution is -2.34. The summed E-state index contributed by atoms with van der Waals surface area (Å²) in [7, 11) is 1.85. The summed E-state index contributed by atoms with van der Waals surface area (Å²) in [5.41, 5.74) is 2.82. The van der Waals surface area contributed by atoms with Crippen LogP contribution in [0.5, 0.6) is 11.6 Å². The molecule has 1 saturated carbocycles. The predicted octanol–water partition coefficient (Wildman–Crippen LogP) is 5.53. The van der Waals surface area contributed by atoms with Crippen molar-refractivity contribution in [3.63, 3.8) is 0 Å². The third-order valence-corrected chi connectivity index (χ3v) is 5.91. The van der Waals surface area contributed by atoms with E-state index in [4.69, 9.17) is 9.84 Å². The van der Waals surface area contributed by atoms with E-state index in [1.54, 1.807) is 16.8 Å². The maximum atomic E-state index is 13.8. The van der Waals surface area contributed by atoms with E-state index in [0.717, 1.165) is 48.9 Å². The van der Waals surface area contributed by atoms with Crippen molar-refractivity contribution < 1.29 is 14.2 Å². The number of aliphatic hydroxyl groups is 1. The van der Waals surface area contributed by atoms with E-state index in [1.165, 1.54) is 12.1 Å². The minimum Gasteiger partial charge on any atom is -0.439 e. The number of aromatic nitrogens is 2. The quantitative estimate of drug-likeness (QED) is 0.428. The zero-order chi connectivity index (χ0) is 22.5. The Bertz CT molecular complexity index is 1020. The lowest BCUT2D eigenvalue weighted by molar-refractivity contribution is 0.0951. The maximum absolute atomic E-state index is 13.8. The highest BCUT2D eigenvalue weighted by atomic mass is 19.1. The van der Waals surface area contributed by atoms with E-state index in [2.05, 4.69) is 11.8 Å². The number of hydrogen-bond acceptors (Lipinski definition) is 4. The summed E-state index contributed by atoms with van der Waals surface area (Å²) >= 11 is 0. The minimum atomic E-state index is -0.347.